The average Bonchev–Trinajstić information content (AvgIpc) is 3.82. The van der Waals surface area contributed by atoms with Gasteiger partial charge in [-0.1, -0.05) is 29.3 Å². The molecule has 4 saturated heterocycles. The maximum atomic E-state index is 14.0. The lowest BCUT2D eigenvalue weighted by molar-refractivity contribution is -0.137. The number of likely N-dealkylation sites (tertiary alicyclic amines) is 1. The average molecular weight is 668 g/mol. The summed E-state index contributed by atoms with van der Waals surface area (Å²) in [5.41, 5.74) is 4.62. The molecule has 7 rings (SSSR count). The van der Waals surface area contributed by atoms with E-state index in [2.05, 4.69) is 72.4 Å². The second-order valence-corrected chi connectivity index (χ2v) is 18.4. The van der Waals surface area contributed by atoms with Gasteiger partial charge >= 0.3 is 6.03 Å². The number of nitrogens with zero attached hydrogens (tertiary/aromatic N) is 3. The minimum Gasteiger partial charge on any atom is -0.369 e. The van der Waals surface area contributed by atoms with Crippen molar-refractivity contribution in [2.24, 2.45) is 0 Å². The van der Waals surface area contributed by atoms with Crippen LogP contribution in [0, 0.1) is 13.8 Å². The van der Waals surface area contributed by atoms with E-state index in [4.69, 9.17) is 0 Å². The van der Waals surface area contributed by atoms with Crippen LogP contribution in [0.15, 0.2) is 24.3 Å². The third kappa shape index (κ3) is 6.07. The van der Waals surface area contributed by atoms with Crippen molar-refractivity contribution in [3.05, 3.63) is 51.4 Å². The third-order valence-electron chi connectivity index (χ3n) is 11.3. The Labute approximate surface area is 278 Å². The SMILES string of the molecule is Cc1cc(C)cc(C2Nc3sc(C(C)(C)C(=O)N4C5CCC4CC5)cc3C2CCN2CCC(NC(=O)N3CCS(=O)(=O)CC3)C2)c1. The summed E-state index contributed by atoms with van der Waals surface area (Å²) in [6, 6.07) is 10.1. The largest absolute Gasteiger partial charge is 0.369 e. The van der Waals surface area contributed by atoms with Crippen molar-refractivity contribution >= 4 is 38.1 Å². The monoisotopic (exact) mass is 667 g/mol. The zero-order valence-corrected chi connectivity index (χ0v) is 29.3. The fourth-order valence-corrected chi connectivity index (χ4v) is 11.1. The highest BCUT2D eigenvalue weighted by Gasteiger charge is 2.48. The molecule has 4 fully saturated rings. The smallest absolute Gasteiger partial charge is 0.317 e. The molecule has 11 heteroatoms. The number of anilines is 1. The van der Waals surface area contributed by atoms with E-state index in [1.807, 2.05) is 0 Å². The van der Waals surface area contributed by atoms with E-state index in [1.165, 1.54) is 27.3 Å². The summed E-state index contributed by atoms with van der Waals surface area (Å²) >= 11 is 1.77. The van der Waals surface area contributed by atoms with Crippen LogP contribution in [-0.4, -0.2) is 97.4 Å². The van der Waals surface area contributed by atoms with Crippen LogP contribution in [0.1, 0.15) is 91.5 Å². The Kier molecular flexibility index (Phi) is 8.41. The van der Waals surface area contributed by atoms with E-state index < -0.39 is 15.3 Å². The van der Waals surface area contributed by atoms with Gasteiger partial charge in [0.25, 0.3) is 0 Å². The topological polar surface area (TPSA) is 102 Å². The van der Waals surface area contributed by atoms with Crippen molar-refractivity contribution in [1.29, 1.82) is 0 Å². The molecule has 0 aliphatic carbocycles. The first-order valence-electron chi connectivity index (χ1n) is 17.2. The Morgan fingerprint density at radius 2 is 1.61 bits per heavy atom. The predicted octanol–water partition coefficient (Wildman–Crippen LogP) is 4.95. The molecule has 46 heavy (non-hydrogen) atoms. The summed E-state index contributed by atoms with van der Waals surface area (Å²) in [6.07, 6.45) is 6.47. The van der Waals surface area contributed by atoms with Crippen LogP contribution in [0.5, 0.6) is 0 Å². The van der Waals surface area contributed by atoms with E-state index >= 15 is 0 Å². The number of aryl methyl sites for hydroxylation is 2. The van der Waals surface area contributed by atoms with Crippen LogP contribution in [0.4, 0.5) is 9.80 Å². The summed E-state index contributed by atoms with van der Waals surface area (Å²) in [5, 5.41) is 8.27. The number of nitrogens with one attached hydrogen (secondary N) is 2. The van der Waals surface area contributed by atoms with Crippen molar-refractivity contribution in [3.8, 4) is 0 Å². The van der Waals surface area contributed by atoms with Crippen molar-refractivity contribution in [2.75, 3.05) is 49.5 Å². The summed E-state index contributed by atoms with van der Waals surface area (Å²) < 4.78 is 23.6. The first-order valence-corrected chi connectivity index (χ1v) is 19.8. The van der Waals surface area contributed by atoms with Gasteiger partial charge in [-0.3, -0.25) is 4.79 Å². The van der Waals surface area contributed by atoms with E-state index in [1.54, 1.807) is 16.2 Å². The molecule has 9 nitrogen and oxygen atoms in total. The highest BCUT2D eigenvalue weighted by atomic mass is 32.2. The normalized spacial score (nSPS) is 28.8. The molecular weight excluding hydrogens is 619 g/mol. The van der Waals surface area contributed by atoms with Crippen molar-refractivity contribution in [3.63, 3.8) is 0 Å². The molecule has 2 bridgehead atoms. The van der Waals surface area contributed by atoms with E-state index in [0.717, 1.165) is 63.0 Å². The van der Waals surface area contributed by atoms with E-state index in [9.17, 15) is 18.0 Å². The molecular formula is C35H49N5O4S2. The lowest BCUT2D eigenvalue weighted by atomic mass is 9.84. The van der Waals surface area contributed by atoms with Crippen LogP contribution in [0.3, 0.4) is 0 Å². The Hall–Kier alpha value is -2.63. The standard InChI is InChI=1S/C35H49N5O4S2/c1-22-17-23(2)19-24(18-22)31-28(10-12-38-11-9-25(21-38)36-34(42)39-13-15-46(43,44)16-14-39)29-20-30(45-32(29)37-31)35(3,4)33(41)40-26-5-6-27(40)8-7-26/h17-20,25-28,31,37H,5-16,21H2,1-4H3,(H,36,42). The number of sulfone groups is 1. The van der Waals surface area contributed by atoms with Gasteiger partial charge in [-0.05, 0) is 90.0 Å². The lowest BCUT2D eigenvalue weighted by Crippen LogP contribution is -2.51. The van der Waals surface area contributed by atoms with Crippen LogP contribution in [0.25, 0.3) is 0 Å². The summed E-state index contributed by atoms with van der Waals surface area (Å²) in [5.74, 6) is 0.659. The van der Waals surface area contributed by atoms with Crippen molar-refractivity contribution in [2.45, 2.75) is 102 Å². The number of rotatable bonds is 7. The molecule has 0 spiro atoms. The first-order chi connectivity index (χ1) is 21.9. The van der Waals surface area contributed by atoms with Crippen molar-refractivity contribution in [1.82, 2.24) is 20.0 Å². The molecule has 1 aromatic heterocycles. The number of hydrogen-bond donors (Lipinski definition) is 2. The van der Waals surface area contributed by atoms with Gasteiger partial charge in [-0.25, -0.2) is 13.2 Å². The maximum absolute atomic E-state index is 14.0. The number of fused-ring (bicyclic) bond motifs is 3. The molecule has 3 unspecified atom stereocenters. The van der Waals surface area contributed by atoms with Crippen LogP contribution < -0.4 is 10.6 Å². The Morgan fingerprint density at radius 1 is 0.957 bits per heavy atom. The molecule has 1 aromatic carbocycles. The highest BCUT2D eigenvalue weighted by Crippen LogP contribution is 2.52. The maximum Gasteiger partial charge on any atom is 0.317 e. The quantitative estimate of drug-likeness (QED) is 0.434. The van der Waals surface area contributed by atoms with Gasteiger partial charge in [-0.2, -0.15) is 0 Å². The lowest BCUT2D eigenvalue weighted by Gasteiger charge is -2.32. The third-order valence-corrected chi connectivity index (χ3v) is 14.3. The first kappa shape index (κ1) is 31.9. The number of hydrogen-bond acceptors (Lipinski definition) is 7. The number of urea groups is 1. The molecule has 3 atom stereocenters. The van der Waals surface area contributed by atoms with Crippen LogP contribution in [0.2, 0.25) is 0 Å². The van der Waals surface area contributed by atoms with Gasteiger partial charge in [0.2, 0.25) is 5.91 Å². The zero-order chi connectivity index (χ0) is 32.4. The number of thiophene rings is 1. The minimum absolute atomic E-state index is 0.0468. The van der Waals surface area contributed by atoms with Gasteiger partial charge < -0.3 is 25.3 Å². The number of benzene rings is 1. The molecule has 5 aliphatic heterocycles. The fourth-order valence-electron chi connectivity index (χ4n) is 8.68. The van der Waals surface area contributed by atoms with Gasteiger partial charge in [0, 0.05) is 55.1 Å². The molecule has 250 valence electrons. The Bertz CT molecular complexity index is 1570. The van der Waals surface area contributed by atoms with E-state index in [-0.39, 0.29) is 54.5 Å². The molecule has 3 amide bonds. The second-order valence-electron chi connectivity index (χ2n) is 15.0. The van der Waals surface area contributed by atoms with Gasteiger partial charge in [0.05, 0.1) is 28.0 Å². The summed E-state index contributed by atoms with van der Waals surface area (Å²) in [7, 11) is -3.02. The van der Waals surface area contributed by atoms with Gasteiger partial charge in [0.1, 0.15) is 0 Å². The zero-order valence-electron chi connectivity index (χ0n) is 27.7. The highest BCUT2D eigenvalue weighted by molar-refractivity contribution is 7.91. The molecule has 2 aromatic rings. The summed E-state index contributed by atoms with van der Waals surface area (Å²) in [6.45, 7) is 11.7. The molecule has 0 radical (unpaired) electrons. The number of carbonyl (C=O) groups excluding carboxylic acids is 2. The van der Waals surface area contributed by atoms with Gasteiger partial charge in [0.15, 0.2) is 9.84 Å². The molecule has 2 N–H and O–H groups in total. The number of amides is 3. The molecule has 0 saturated carbocycles. The summed E-state index contributed by atoms with van der Waals surface area (Å²) in [4.78, 5) is 34.3. The van der Waals surface area contributed by atoms with Crippen LogP contribution >= 0.6 is 11.3 Å². The van der Waals surface area contributed by atoms with Crippen molar-refractivity contribution < 1.29 is 18.0 Å². The molecule has 6 heterocycles. The van der Waals surface area contributed by atoms with Gasteiger partial charge in [-0.15, -0.1) is 11.3 Å². The minimum atomic E-state index is -3.02. The number of carbonyl (C=O) groups is 2. The fraction of sp³-hybridized carbons (Fsp3) is 0.657. The van der Waals surface area contributed by atoms with E-state index in [0.29, 0.717) is 12.1 Å². The second kappa shape index (κ2) is 12.1. The Morgan fingerprint density at radius 3 is 2.26 bits per heavy atom. The molecule has 5 aliphatic rings. The van der Waals surface area contributed by atoms with Crippen LogP contribution in [-0.2, 0) is 20.0 Å². The predicted molar refractivity (Wildman–Crippen MR) is 183 cm³/mol. The Balaban J connectivity index is 1.05.